The van der Waals surface area contributed by atoms with Gasteiger partial charge >= 0.3 is 6.03 Å². The average Bonchev–Trinajstić information content (AvgIpc) is 3.26. The maximum Gasteiger partial charge on any atom is 0.320 e. The zero-order chi connectivity index (χ0) is 17.0. The van der Waals surface area contributed by atoms with Gasteiger partial charge in [-0.1, -0.05) is 23.2 Å². The number of anilines is 1. The zero-order valence-corrected chi connectivity index (χ0v) is 13.8. The van der Waals surface area contributed by atoms with Gasteiger partial charge in [-0.05, 0) is 24.3 Å². The molecular formula is C16H12Cl2FN3O2. The largest absolute Gasteiger partial charge is 0.490 e. The number of amides is 2. The predicted octanol–water partition coefficient (Wildman–Crippen LogP) is 3.59. The minimum atomic E-state index is -0.640. The highest BCUT2D eigenvalue weighted by atomic mass is 35.5. The molecule has 24 heavy (non-hydrogen) atoms. The van der Waals surface area contributed by atoms with Crippen LogP contribution >= 0.6 is 23.2 Å². The molecule has 1 aromatic carbocycles. The molecule has 0 saturated heterocycles. The second kappa shape index (κ2) is 5.50. The Morgan fingerprint density at radius 1 is 1.33 bits per heavy atom. The van der Waals surface area contributed by atoms with Crippen molar-refractivity contribution in [1.82, 2.24) is 4.98 Å². The molecule has 2 N–H and O–H groups in total. The maximum atomic E-state index is 14.0. The molecule has 2 aromatic rings. The van der Waals surface area contributed by atoms with E-state index in [2.05, 4.69) is 4.98 Å². The van der Waals surface area contributed by atoms with Crippen molar-refractivity contribution >= 4 is 35.1 Å². The fraction of sp³-hybridized carbons (Fsp3) is 0.250. The number of benzene rings is 1. The van der Waals surface area contributed by atoms with Gasteiger partial charge in [0.25, 0.3) is 0 Å². The Kier molecular flexibility index (Phi) is 3.54. The summed E-state index contributed by atoms with van der Waals surface area (Å²) >= 11 is 12.1. The summed E-state index contributed by atoms with van der Waals surface area (Å²) in [5, 5.41) is 0.868. The molecule has 1 saturated carbocycles. The smallest absolute Gasteiger partial charge is 0.320 e. The third kappa shape index (κ3) is 2.29. The van der Waals surface area contributed by atoms with E-state index in [-0.39, 0.29) is 30.2 Å². The minimum absolute atomic E-state index is 0.0122. The Bertz CT molecular complexity index is 831. The number of aromatic nitrogens is 1. The lowest BCUT2D eigenvalue weighted by molar-refractivity contribution is 0.251. The first-order chi connectivity index (χ1) is 11.5. The van der Waals surface area contributed by atoms with Crippen molar-refractivity contribution in [2.45, 2.75) is 12.0 Å². The number of primary amides is 1. The van der Waals surface area contributed by atoms with Crippen LogP contribution in [0.3, 0.4) is 0 Å². The third-order valence-corrected chi connectivity index (χ3v) is 5.02. The van der Waals surface area contributed by atoms with E-state index in [0.29, 0.717) is 21.4 Å². The number of carbonyl (C=O) groups is 1. The van der Waals surface area contributed by atoms with Gasteiger partial charge in [-0.25, -0.2) is 14.2 Å². The van der Waals surface area contributed by atoms with Crippen molar-refractivity contribution in [2.24, 2.45) is 11.7 Å². The molecule has 1 aliphatic carbocycles. The Hall–Kier alpha value is -2.05. The summed E-state index contributed by atoms with van der Waals surface area (Å²) in [5.74, 6) is -0.0717. The molecule has 0 bridgehead atoms. The molecule has 2 aliphatic rings. The fourth-order valence-corrected chi connectivity index (χ4v) is 3.79. The first-order valence-electron chi connectivity index (χ1n) is 7.30. The van der Waals surface area contributed by atoms with E-state index in [4.69, 9.17) is 33.7 Å². The number of ether oxygens (including phenoxy) is 1. The van der Waals surface area contributed by atoms with Crippen molar-refractivity contribution < 1.29 is 13.9 Å². The number of rotatable bonds is 2. The molecule has 2 heterocycles. The molecule has 5 nitrogen and oxygen atoms in total. The second-order valence-electron chi connectivity index (χ2n) is 5.81. The maximum absolute atomic E-state index is 14.0. The highest BCUT2D eigenvalue weighted by molar-refractivity contribution is 6.31. The van der Waals surface area contributed by atoms with Crippen LogP contribution in [0.1, 0.15) is 11.5 Å². The molecule has 124 valence electrons. The SMILES string of the molecule is NC(=O)N(c1ccc(Cl)cn1)C1C2COc3c(F)ccc(Cl)c3C21. The summed E-state index contributed by atoms with van der Waals surface area (Å²) < 4.78 is 19.5. The highest BCUT2D eigenvalue weighted by Gasteiger charge is 2.60. The van der Waals surface area contributed by atoms with Gasteiger partial charge in [0.2, 0.25) is 0 Å². The summed E-state index contributed by atoms with van der Waals surface area (Å²) in [6.07, 6.45) is 1.44. The summed E-state index contributed by atoms with van der Waals surface area (Å²) in [5.41, 5.74) is 6.14. The van der Waals surface area contributed by atoms with E-state index in [1.165, 1.54) is 23.2 Å². The van der Waals surface area contributed by atoms with Crippen molar-refractivity contribution in [3.63, 3.8) is 0 Å². The van der Waals surface area contributed by atoms with Crippen LogP contribution in [0, 0.1) is 11.7 Å². The van der Waals surface area contributed by atoms with Gasteiger partial charge < -0.3 is 10.5 Å². The van der Waals surface area contributed by atoms with Crippen LogP contribution in [0.25, 0.3) is 0 Å². The van der Waals surface area contributed by atoms with Crippen molar-refractivity contribution in [2.75, 3.05) is 11.5 Å². The predicted molar refractivity (Wildman–Crippen MR) is 88.2 cm³/mol. The second-order valence-corrected chi connectivity index (χ2v) is 6.65. The van der Waals surface area contributed by atoms with Gasteiger partial charge in [0.05, 0.1) is 17.7 Å². The molecule has 3 atom stereocenters. The number of halogens is 3. The van der Waals surface area contributed by atoms with Gasteiger partial charge in [0, 0.05) is 28.6 Å². The van der Waals surface area contributed by atoms with Crippen LogP contribution in [0.2, 0.25) is 10.0 Å². The molecule has 0 radical (unpaired) electrons. The van der Waals surface area contributed by atoms with E-state index in [1.54, 1.807) is 12.1 Å². The monoisotopic (exact) mass is 367 g/mol. The average molecular weight is 368 g/mol. The lowest BCUT2D eigenvalue weighted by atomic mass is 10.1. The number of carbonyl (C=O) groups excluding carboxylic acids is 1. The van der Waals surface area contributed by atoms with Gasteiger partial charge in [-0.2, -0.15) is 0 Å². The zero-order valence-electron chi connectivity index (χ0n) is 12.2. The quantitative estimate of drug-likeness (QED) is 0.881. The van der Waals surface area contributed by atoms with Gasteiger partial charge in [0.15, 0.2) is 11.6 Å². The van der Waals surface area contributed by atoms with E-state index >= 15 is 0 Å². The van der Waals surface area contributed by atoms with E-state index in [0.717, 1.165) is 0 Å². The summed E-state index contributed by atoms with van der Waals surface area (Å²) in [6, 6.07) is 5.09. The van der Waals surface area contributed by atoms with Crippen molar-refractivity contribution in [3.8, 4) is 5.75 Å². The molecule has 4 rings (SSSR count). The normalized spacial score (nSPS) is 23.7. The number of hydrogen-bond donors (Lipinski definition) is 1. The van der Waals surface area contributed by atoms with Crippen LogP contribution in [-0.4, -0.2) is 23.7 Å². The first-order valence-corrected chi connectivity index (χ1v) is 8.05. The number of fused-ring (bicyclic) bond motifs is 3. The lowest BCUT2D eigenvalue weighted by Crippen LogP contribution is -2.39. The number of hydrogen-bond acceptors (Lipinski definition) is 3. The molecule has 1 fully saturated rings. The Balaban J connectivity index is 1.74. The number of urea groups is 1. The van der Waals surface area contributed by atoms with Gasteiger partial charge in [0.1, 0.15) is 5.82 Å². The third-order valence-electron chi connectivity index (χ3n) is 4.47. The molecule has 2 amide bonds. The summed E-state index contributed by atoms with van der Waals surface area (Å²) in [7, 11) is 0. The number of nitrogens with zero attached hydrogens (tertiary/aromatic N) is 2. The van der Waals surface area contributed by atoms with Crippen molar-refractivity contribution in [1.29, 1.82) is 0 Å². The molecule has 8 heteroatoms. The Morgan fingerprint density at radius 2 is 2.12 bits per heavy atom. The Morgan fingerprint density at radius 3 is 2.79 bits per heavy atom. The van der Waals surface area contributed by atoms with E-state index < -0.39 is 11.8 Å². The summed E-state index contributed by atoms with van der Waals surface area (Å²) in [4.78, 5) is 17.6. The standard InChI is InChI=1S/C16H12Cl2FN3O2/c17-7-1-4-11(21-5-7)22(16(20)23)14-8-6-24-15-10(19)3-2-9(18)13(15)12(8)14/h1-5,8,12,14H,6H2,(H2,20,23). The van der Waals surface area contributed by atoms with Crippen LogP contribution in [0.5, 0.6) is 5.75 Å². The van der Waals surface area contributed by atoms with E-state index in [1.807, 2.05) is 0 Å². The van der Waals surface area contributed by atoms with Crippen LogP contribution < -0.4 is 15.4 Å². The highest BCUT2D eigenvalue weighted by Crippen LogP contribution is 2.59. The van der Waals surface area contributed by atoms with Gasteiger partial charge in [-0.3, -0.25) is 4.90 Å². The molecule has 1 aromatic heterocycles. The lowest BCUT2D eigenvalue weighted by Gasteiger charge is -2.20. The summed E-state index contributed by atoms with van der Waals surface area (Å²) in [6.45, 7) is 0.289. The Labute approximate surface area is 147 Å². The first kappa shape index (κ1) is 15.5. The molecule has 0 spiro atoms. The number of pyridine rings is 1. The topological polar surface area (TPSA) is 68.5 Å². The molecule has 3 unspecified atom stereocenters. The van der Waals surface area contributed by atoms with Crippen LogP contribution in [0.4, 0.5) is 15.0 Å². The van der Waals surface area contributed by atoms with Crippen LogP contribution in [-0.2, 0) is 0 Å². The fourth-order valence-electron chi connectivity index (χ4n) is 3.40. The van der Waals surface area contributed by atoms with Gasteiger partial charge in [-0.15, -0.1) is 0 Å². The minimum Gasteiger partial charge on any atom is -0.490 e. The molecule has 1 aliphatic heterocycles. The number of nitrogens with two attached hydrogens (primary N) is 1. The van der Waals surface area contributed by atoms with Crippen LogP contribution in [0.15, 0.2) is 30.5 Å². The van der Waals surface area contributed by atoms with Crippen molar-refractivity contribution in [3.05, 3.63) is 51.9 Å². The molecular weight excluding hydrogens is 356 g/mol. The van der Waals surface area contributed by atoms with E-state index in [9.17, 15) is 9.18 Å².